The molecule has 1 N–H and O–H groups in total. The van der Waals surface area contributed by atoms with Crippen molar-refractivity contribution in [3.63, 3.8) is 0 Å². The van der Waals surface area contributed by atoms with Crippen molar-refractivity contribution < 1.29 is 18.0 Å². The molecule has 0 saturated heterocycles. The molecular formula is C29H33BrClN3O4S. The van der Waals surface area contributed by atoms with Gasteiger partial charge in [0.2, 0.25) is 11.8 Å². The normalized spacial score (nSPS) is 12.9. The van der Waals surface area contributed by atoms with E-state index in [0.29, 0.717) is 10.7 Å². The van der Waals surface area contributed by atoms with E-state index in [9.17, 15) is 18.0 Å². The molecule has 0 radical (unpaired) electrons. The van der Waals surface area contributed by atoms with Gasteiger partial charge in [0.15, 0.2) is 0 Å². The molecule has 2 amide bonds. The average Bonchev–Trinajstić information content (AvgIpc) is 2.90. The van der Waals surface area contributed by atoms with E-state index in [0.717, 1.165) is 26.3 Å². The summed E-state index contributed by atoms with van der Waals surface area (Å²) in [6.45, 7) is 7.02. The molecule has 7 nitrogen and oxygen atoms in total. The van der Waals surface area contributed by atoms with Crippen LogP contribution in [0.2, 0.25) is 5.02 Å². The van der Waals surface area contributed by atoms with Crippen molar-refractivity contribution in [2.45, 2.75) is 57.6 Å². The van der Waals surface area contributed by atoms with Gasteiger partial charge in [-0.25, -0.2) is 8.42 Å². The third-order valence-corrected chi connectivity index (χ3v) is 8.95. The molecule has 0 aliphatic rings. The third-order valence-electron chi connectivity index (χ3n) is 6.41. The smallest absolute Gasteiger partial charge is 0.264 e. The van der Waals surface area contributed by atoms with Crippen LogP contribution in [0.5, 0.6) is 0 Å². The summed E-state index contributed by atoms with van der Waals surface area (Å²) in [6.07, 6.45) is 0.735. The Morgan fingerprint density at radius 3 is 2.23 bits per heavy atom. The Labute approximate surface area is 244 Å². The molecule has 39 heavy (non-hydrogen) atoms. The number of hydrogen-bond acceptors (Lipinski definition) is 4. The number of hydrogen-bond donors (Lipinski definition) is 1. The maximum Gasteiger partial charge on any atom is 0.264 e. The highest BCUT2D eigenvalue weighted by Gasteiger charge is 2.32. The number of nitrogens with one attached hydrogen (secondary N) is 1. The Morgan fingerprint density at radius 2 is 1.64 bits per heavy atom. The summed E-state index contributed by atoms with van der Waals surface area (Å²) >= 11 is 9.44. The lowest BCUT2D eigenvalue weighted by molar-refractivity contribution is -0.139. The Morgan fingerprint density at radius 1 is 1.00 bits per heavy atom. The summed E-state index contributed by atoms with van der Waals surface area (Å²) in [5.41, 5.74) is 2.08. The molecule has 3 rings (SSSR count). The zero-order valence-corrected chi connectivity index (χ0v) is 25.6. The summed E-state index contributed by atoms with van der Waals surface area (Å²) < 4.78 is 29.5. The van der Waals surface area contributed by atoms with E-state index >= 15 is 0 Å². The summed E-state index contributed by atoms with van der Waals surface area (Å²) in [4.78, 5) is 28.4. The minimum absolute atomic E-state index is 0.00128. The van der Waals surface area contributed by atoms with Crippen LogP contribution in [-0.4, -0.2) is 43.8 Å². The Kier molecular flexibility index (Phi) is 10.6. The topological polar surface area (TPSA) is 86.8 Å². The minimum Gasteiger partial charge on any atom is -0.352 e. The van der Waals surface area contributed by atoms with Crippen LogP contribution in [0.4, 0.5) is 5.69 Å². The second-order valence-corrected chi connectivity index (χ2v) is 12.7. The molecular weight excluding hydrogens is 602 g/mol. The van der Waals surface area contributed by atoms with Gasteiger partial charge in [0.05, 0.1) is 10.6 Å². The highest BCUT2D eigenvalue weighted by Crippen LogP contribution is 2.26. The summed E-state index contributed by atoms with van der Waals surface area (Å²) in [7, 11) is -4.14. The largest absolute Gasteiger partial charge is 0.352 e. The number of sulfonamides is 1. The van der Waals surface area contributed by atoms with Crippen LogP contribution in [0.1, 0.15) is 38.3 Å². The van der Waals surface area contributed by atoms with Crippen molar-refractivity contribution in [3.8, 4) is 0 Å². The molecule has 0 aromatic heterocycles. The van der Waals surface area contributed by atoms with E-state index in [1.807, 2.05) is 45.0 Å². The highest BCUT2D eigenvalue weighted by molar-refractivity contribution is 9.10. The number of rotatable bonds is 11. The van der Waals surface area contributed by atoms with Crippen molar-refractivity contribution in [2.24, 2.45) is 0 Å². The first-order valence-electron chi connectivity index (χ1n) is 12.6. The number of carbonyl (C=O) groups is 2. The van der Waals surface area contributed by atoms with Crippen molar-refractivity contribution in [1.29, 1.82) is 0 Å². The lowest BCUT2D eigenvalue weighted by Crippen LogP contribution is -2.52. The molecule has 0 aliphatic heterocycles. The van der Waals surface area contributed by atoms with Crippen LogP contribution in [0.25, 0.3) is 0 Å². The fourth-order valence-corrected chi connectivity index (χ4v) is 5.84. The summed E-state index contributed by atoms with van der Waals surface area (Å²) in [5.74, 6) is -0.824. The van der Waals surface area contributed by atoms with Gasteiger partial charge in [0.1, 0.15) is 12.6 Å². The number of halogens is 2. The number of amides is 2. The van der Waals surface area contributed by atoms with E-state index < -0.39 is 28.5 Å². The first kappa shape index (κ1) is 30.7. The highest BCUT2D eigenvalue weighted by atomic mass is 79.9. The van der Waals surface area contributed by atoms with Gasteiger partial charge >= 0.3 is 0 Å². The number of benzene rings is 3. The molecule has 0 unspecified atom stereocenters. The second kappa shape index (κ2) is 13.5. The Hall–Kier alpha value is -2.88. The predicted octanol–water partition coefficient (Wildman–Crippen LogP) is 5.94. The first-order chi connectivity index (χ1) is 18.4. The summed E-state index contributed by atoms with van der Waals surface area (Å²) in [5, 5.41) is 3.32. The molecule has 0 bridgehead atoms. The number of aryl methyl sites for hydroxylation is 1. The van der Waals surface area contributed by atoms with E-state index in [1.54, 1.807) is 31.2 Å². The van der Waals surface area contributed by atoms with Crippen molar-refractivity contribution in [1.82, 2.24) is 10.2 Å². The van der Waals surface area contributed by atoms with Gasteiger partial charge in [-0.05, 0) is 81.3 Å². The zero-order valence-electron chi connectivity index (χ0n) is 22.4. The molecule has 208 valence electrons. The molecule has 2 atom stereocenters. The van der Waals surface area contributed by atoms with Crippen LogP contribution < -0.4 is 9.62 Å². The fourth-order valence-electron chi connectivity index (χ4n) is 3.85. The van der Waals surface area contributed by atoms with Crippen LogP contribution in [0, 0.1) is 6.92 Å². The van der Waals surface area contributed by atoms with Gasteiger partial charge < -0.3 is 10.2 Å². The molecule has 10 heteroatoms. The monoisotopic (exact) mass is 633 g/mol. The van der Waals surface area contributed by atoms with E-state index in [4.69, 9.17) is 11.6 Å². The second-order valence-electron chi connectivity index (χ2n) is 9.45. The maximum atomic E-state index is 13.9. The van der Waals surface area contributed by atoms with E-state index in [-0.39, 0.29) is 23.4 Å². The minimum atomic E-state index is -4.14. The van der Waals surface area contributed by atoms with Crippen molar-refractivity contribution in [3.05, 3.63) is 93.4 Å². The number of anilines is 1. The van der Waals surface area contributed by atoms with Gasteiger partial charge in [0, 0.05) is 22.1 Å². The maximum absolute atomic E-state index is 13.9. The molecule has 3 aromatic carbocycles. The number of nitrogens with zero attached hydrogens (tertiary/aromatic N) is 2. The van der Waals surface area contributed by atoms with Gasteiger partial charge in [0.25, 0.3) is 10.0 Å². The van der Waals surface area contributed by atoms with Crippen LogP contribution >= 0.6 is 27.5 Å². The third kappa shape index (κ3) is 8.06. The zero-order chi connectivity index (χ0) is 28.7. The van der Waals surface area contributed by atoms with Gasteiger partial charge in [-0.15, -0.1) is 0 Å². The van der Waals surface area contributed by atoms with Crippen LogP contribution in [0.3, 0.4) is 0 Å². The fraction of sp³-hybridized carbons (Fsp3) is 0.310. The Balaban J connectivity index is 2.02. The Bertz CT molecular complexity index is 1400. The standard InChI is InChI=1S/C29H33BrClN3O4S/c1-5-21(3)32-29(36)22(4)33(18-23-7-6-8-24(30)17-23)28(35)19-34(26-13-9-20(2)10-14-26)39(37,38)27-15-11-25(31)12-16-27/h6-17,21-22H,5,18-19H2,1-4H3,(H,32,36)/t21-,22+/m0/s1. The first-order valence-corrected chi connectivity index (χ1v) is 15.2. The molecule has 0 heterocycles. The van der Waals surface area contributed by atoms with Gasteiger partial charge in [-0.1, -0.05) is 64.3 Å². The van der Waals surface area contributed by atoms with Crippen molar-refractivity contribution in [2.75, 3.05) is 10.8 Å². The molecule has 0 fully saturated rings. The predicted molar refractivity (Wildman–Crippen MR) is 159 cm³/mol. The molecule has 0 aliphatic carbocycles. The molecule has 0 saturated carbocycles. The number of carbonyl (C=O) groups excluding carboxylic acids is 2. The van der Waals surface area contributed by atoms with Gasteiger partial charge in [-0.2, -0.15) is 0 Å². The van der Waals surface area contributed by atoms with Crippen molar-refractivity contribution >= 4 is 55.1 Å². The molecule has 3 aromatic rings. The van der Waals surface area contributed by atoms with Crippen LogP contribution in [-0.2, 0) is 26.2 Å². The van der Waals surface area contributed by atoms with Gasteiger partial charge in [-0.3, -0.25) is 13.9 Å². The lowest BCUT2D eigenvalue weighted by atomic mass is 10.1. The van der Waals surface area contributed by atoms with E-state index in [2.05, 4.69) is 21.2 Å². The summed E-state index contributed by atoms with van der Waals surface area (Å²) in [6, 6.07) is 19.2. The van der Waals surface area contributed by atoms with Crippen LogP contribution in [0.15, 0.2) is 82.2 Å². The quantitative estimate of drug-likeness (QED) is 0.283. The van der Waals surface area contributed by atoms with E-state index in [1.165, 1.54) is 29.2 Å². The molecule has 0 spiro atoms. The lowest BCUT2D eigenvalue weighted by Gasteiger charge is -2.32. The average molecular weight is 635 g/mol. The SMILES string of the molecule is CC[C@H](C)NC(=O)[C@@H](C)N(Cc1cccc(Br)c1)C(=O)CN(c1ccc(C)cc1)S(=O)(=O)c1ccc(Cl)cc1.